The van der Waals surface area contributed by atoms with Gasteiger partial charge in [0.1, 0.15) is 11.6 Å². The monoisotopic (exact) mass is 541 g/mol. The van der Waals surface area contributed by atoms with E-state index in [2.05, 4.69) is 53.5 Å². The minimum Gasteiger partial charge on any atom is -0.337 e. The first kappa shape index (κ1) is 23.4. The van der Waals surface area contributed by atoms with Crippen LogP contribution in [-0.4, -0.2) is 25.7 Å². The molecule has 0 radical (unpaired) electrons. The molecule has 0 aliphatic carbocycles. The average molecular weight is 543 g/mol. The van der Waals surface area contributed by atoms with Gasteiger partial charge in [-0.1, -0.05) is 24.2 Å². The molecule has 34 heavy (non-hydrogen) atoms. The van der Waals surface area contributed by atoms with Crippen LogP contribution in [-0.2, 0) is 11.8 Å². The lowest BCUT2D eigenvalue weighted by Crippen LogP contribution is -2.08. The first-order chi connectivity index (χ1) is 16.3. The zero-order valence-corrected chi connectivity index (χ0v) is 20.2. The summed E-state index contributed by atoms with van der Waals surface area (Å²) in [6.07, 6.45) is 6.14. The van der Waals surface area contributed by atoms with Crippen LogP contribution in [0.25, 0.3) is 11.1 Å². The van der Waals surface area contributed by atoms with Crippen LogP contribution in [0.3, 0.4) is 0 Å². The van der Waals surface area contributed by atoms with Gasteiger partial charge in [0.25, 0.3) is 0 Å². The Morgan fingerprint density at radius 2 is 2.00 bits per heavy atom. The van der Waals surface area contributed by atoms with Gasteiger partial charge in [0, 0.05) is 35.2 Å². The summed E-state index contributed by atoms with van der Waals surface area (Å²) >= 11 is 9.67. The summed E-state index contributed by atoms with van der Waals surface area (Å²) in [6, 6.07) is 9.55. The molecule has 0 fully saturated rings. The summed E-state index contributed by atoms with van der Waals surface area (Å²) in [5.41, 5.74) is 2.50. The second-order valence-electron chi connectivity index (χ2n) is 7.13. The first-order valence-electron chi connectivity index (χ1n) is 9.90. The molecule has 0 unspecified atom stereocenters. The van der Waals surface area contributed by atoms with Crippen molar-refractivity contribution in [2.75, 3.05) is 16.0 Å². The smallest absolute Gasteiger partial charge is 0.247 e. The van der Waals surface area contributed by atoms with E-state index in [1.54, 1.807) is 42.5 Å². The van der Waals surface area contributed by atoms with Crippen molar-refractivity contribution in [3.63, 3.8) is 0 Å². The van der Waals surface area contributed by atoms with Crippen LogP contribution in [0.2, 0.25) is 5.02 Å². The lowest BCUT2D eigenvalue weighted by molar-refractivity contribution is -0.111. The number of hydrogen-bond acceptors (Lipinski definition) is 6. The third kappa shape index (κ3) is 5.41. The number of carbonyl (C=O) groups excluding carboxylic acids is 1. The Balaban J connectivity index is 1.75. The highest BCUT2D eigenvalue weighted by Gasteiger charge is 2.14. The standard InChI is InChI=1S/C23H18BrClFN7O/c1-3-21(34)29-14-5-7-19(26)20(9-14)31-22-16(13-4-6-17(24)18(25)8-13)11-27-23(32-22)30-15-10-28-33(2)12-15/h3-12H,1H2,2H3,(H,29,34)(H2,27,30,31,32). The van der Waals surface area contributed by atoms with Gasteiger partial charge in [0.05, 0.1) is 22.6 Å². The minimum absolute atomic E-state index is 0.109. The number of anilines is 5. The van der Waals surface area contributed by atoms with Crippen molar-refractivity contribution in [1.29, 1.82) is 0 Å². The molecule has 4 aromatic rings. The number of amides is 1. The normalized spacial score (nSPS) is 10.6. The molecule has 2 heterocycles. The lowest BCUT2D eigenvalue weighted by atomic mass is 10.1. The molecular weight excluding hydrogens is 525 g/mol. The predicted octanol–water partition coefficient (Wildman–Crippen LogP) is 6.04. The second-order valence-corrected chi connectivity index (χ2v) is 8.39. The molecule has 0 saturated carbocycles. The molecule has 0 saturated heterocycles. The van der Waals surface area contributed by atoms with E-state index in [1.165, 1.54) is 18.2 Å². The summed E-state index contributed by atoms with van der Waals surface area (Å²) in [7, 11) is 1.79. The van der Waals surface area contributed by atoms with E-state index in [1.807, 2.05) is 6.07 Å². The van der Waals surface area contributed by atoms with Gasteiger partial charge in [-0.25, -0.2) is 9.37 Å². The summed E-state index contributed by atoms with van der Waals surface area (Å²) in [5.74, 6) is -0.339. The quantitative estimate of drug-likeness (QED) is 0.246. The van der Waals surface area contributed by atoms with Gasteiger partial charge in [0.15, 0.2) is 0 Å². The van der Waals surface area contributed by atoms with Crippen molar-refractivity contribution in [3.05, 3.63) is 83.0 Å². The van der Waals surface area contributed by atoms with Crippen molar-refractivity contribution in [2.45, 2.75) is 0 Å². The third-order valence-corrected chi connectivity index (χ3v) is 5.89. The number of carbonyl (C=O) groups is 1. The molecule has 0 atom stereocenters. The number of nitrogens with one attached hydrogen (secondary N) is 3. The number of halogens is 3. The lowest BCUT2D eigenvalue weighted by Gasteiger charge is -2.15. The summed E-state index contributed by atoms with van der Waals surface area (Å²) in [6.45, 7) is 3.42. The van der Waals surface area contributed by atoms with Crippen molar-refractivity contribution in [2.24, 2.45) is 7.05 Å². The fourth-order valence-corrected chi connectivity index (χ4v) is 3.47. The Morgan fingerprint density at radius 3 is 2.71 bits per heavy atom. The number of nitrogens with zero attached hydrogens (tertiary/aromatic N) is 4. The van der Waals surface area contributed by atoms with Crippen LogP contribution >= 0.6 is 27.5 Å². The molecule has 3 N–H and O–H groups in total. The molecule has 8 nitrogen and oxygen atoms in total. The maximum absolute atomic E-state index is 14.7. The number of rotatable bonds is 7. The number of aryl methyl sites for hydroxylation is 1. The van der Waals surface area contributed by atoms with E-state index in [9.17, 15) is 9.18 Å². The molecule has 0 bridgehead atoms. The second kappa shape index (κ2) is 10.0. The molecule has 0 aliphatic heterocycles. The SMILES string of the molecule is C=CC(=O)Nc1ccc(F)c(Nc2nc(Nc3cnn(C)c3)ncc2-c2ccc(Br)c(Cl)c2)c1. The summed E-state index contributed by atoms with van der Waals surface area (Å²) < 4.78 is 17.1. The van der Waals surface area contributed by atoms with E-state index >= 15 is 0 Å². The summed E-state index contributed by atoms with van der Waals surface area (Å²) in [4.78, 5) is 20.6. The van der Waals surface area contributed by atoms with E-state index in [4.69, 9.17) is 11.6 Å². The van der Waals surface area contributed by atoms with Crippen LogP contribution in [0.15, 0.2) is 72.1 Å². The fourth-order valence-electron chi connectivity index (χ4n) is 3.05. The maximum atomic E-state index is 14.7. The summed E-state index contributed by atoms with van der Waals surface area (Å²) in [5, 5.41) is 13.3. The fraction of sp³-hybridized carbons (Fsp3) is 0.0435. The van der Waals surface area contributed by atoms with Crippen LogP contribution in [0.5, 0.6) is 0 Å². The molecule has 4 rings (SSSR count). The average Bonchev–Trinajstić information content (AvgIpc) is 3.22. The Kier molecular flexibility index (Phi) is 6.90. The first-order valence-corrected chi connectivity index (χ1v) is 11.1. The predicted molar refractivity (Wildman–Crippen MR) is 135 cm³/mol. The Morgan fingerprint density at radius 1 is 1.18 bits per heavy atom. The van der Waals surface area contributed by atoms with E-state index in [-0.39, 0.29) is 11.6 Å². The van der Waals surface area contributed by atoms with E-state index in [0.29, 0.717) is 27.8 Å². The highest BCUT2D eigenvalue weighted by atomic mass is 79.9. The van der Waals surface area contributed by atoms with Gasteiger partial charge >= 0.3 is 0 Å². The Labute approximate surface area is 208 Å². The van der Waals surface area contributed by atoms with Gasteiger partial charge in [-0.05, 0) is 57.9 Å². The molecule has 11 heteroatoms. The highest BCUT2D eigenvalue weighted by Crippen LogP contribution is 2.34. The Bertz CT molecular complexity index is 1390. The van der Waals surface area contributed by atoms with E-state index < -0.39 is 11.7 Å². The van der Waals surface area contributed by atoms with Crippen LogP contribution < -0.4 is 16.0 Å². The van der Waals surface area contributed by atoms with Gasteiger partial charge in [-0.2, -0.15) is 10.1 Å². The largest absolute Gasteiger partial charge is 0.337 e. The van der Waals surface area contributed by atoms with Crippen LogP contribution in [0.1, 0.15) is 0 Å². The molecule has 172 valence electrons. The highest BCUT2D eigenvalue weighted by molar-refractivity contribution is 9.10. The van der Waals surface area contributed by atoms with Crippen LogP contribution in [0, 0.1) is 5.82 Å². The van der Waals surface area contributed by atoms with Gasteiger partial charge in [0.2, 0.25) is 11.9 Å². The van der Waals surface area contributed by atoms with Crippen molar-refractivity contribution < 1.29 is 9.18 Å². The van der Waals surface area contributed by atoms with Crippen molar-refractivity contribution in [1.82, 2.24) is 19.7 Å². The van der Waals surface area contributed by atoms with Gasteiger partial charge < -0.3 is 16.0 Å². The van der Waals surface area contributed by atoms with Gasteiger partial charge in [-0.3, -0.25) is 9.48 Å². The molecule has 0 aliphatic rings. The Hall–Kier alpha value is -3.76. The number of hydrogen-bond donors (Lipinski definition) is 3. The van der Waals surface area contributed by atoms with Crippen LogP contribution in [0.4, 0.5) is 33.2 Å². The van der Waals surface area contributed by atoms with Crippen molar-refractivity contribution >= 4 is 62.3 Å². The number of aromatic nitrogens is 4. The molecule has 2 aromatic heterocycles. The molecule has 0 spiro atoms. The third-order valence-electron chi connectivity index (χ3n) is 4.65. The maximum Gasteiger partial charge on any atom is 0.247 e. The number of benzene rings is 2. The zero-order chi connectivity index (χ0) is 24.2. The van der Waals surface area contributed by atoms with Gasteiger partial charge in [-0.15, -0.1) is 0 Å². The minimum atomic E-state index is -0.531. The molecular formula is C23H18BrClFN7O. The van der Waals surface area contributed by atoms with E-state index in [0.717, 1.165) is 16.1 Å². The topological polar surface area (TPSA) is 96.8 Å². The molecule has 1 amide bonds. The zero-order valence-electron chi connectivity index (χ0n) is 17.8. The molecule has 2 aromatic carbocycles. The van der Waals surface area contributed by atoms with Crippen molar-refractivity contribution in [3.8, 4) is 11.1 Å².